The fourth-order valence-corrected chi connectivity index (χ4v) is 2.97. The molecule has 0 radical (unpaired) electrons. The molecular formula is C21H24N2O4. The summed E-state index contributed by atoms with van der Waals surface area (Å²) in [6, 6.07) is 14.7. The van der Waals surface area contributed by atoms with Crippen molar-refractivity contribution in [3.63, 3.8) is 0 Å². The van der Waals surface area contributed by atoms with Crippen LogP contribution in [0, 0.1) is 5.41 Å². The summed E-state index contributed by atoms with van der Waals surface area (Å²) in [5.74, 6) is 0.739. The van der Waals surface area contributed by atoms with Crippen LogP contribution in [0.2, 0.25) is 0 Å². The molecule has 1 aliphatic carbocycles. The molecule has 0 bridgehead atoms. The predicted molar refractivity (Wildman–Crippen MR) is 103 cm³/mol. The Morgan fingerprint density at radius 2 is 1.67 bits per heavy atom. The highest BCUT2D eigenvalue weighted by atomic mass is 16.5. The highest BCUT2D eigenvalue weighted by Crippen LogP contribution is 2.47. The second-order valence-corrected chi connectivity index (χ2v) is 6.46. The largest absolute Gasteiger partial charge is 0.496 e. The molecule has 0 spiro atoms. The number of hydrogen-bond donors (Lipinski definition) is 2. The van der Waals surface area contributed by atoms with Crippen molar-refractivity contribution < 1.29 is 19.1 Å². The van der Waals surface area contributed by atoms with Crippen molar-refractivity contribution in [3.8, 4) is 11.5 Å². The normalized spacial score (nSPS) is 14.1. The van der Waals surface area contributed by atoms with Crippen molar-refractivity contribution >= 4 is 17.5 Å². The summed E-state index contributed by atoms with van der Waals surface area (Å²) in [4.78, 5) is 25.5. The van der Waals surface area contributed by atoms with Crippen molar-refractivity contribution in [2.75, 3.05) is 19.0 Å². The second-order valence-electron chi connectivity index (χ2n) is 6.46. The molecule has 3 rings (SSSR count). The van der Waals surface area contributed by atoms with Gasteiger partial charge in [-0.05, 0) is 38.0 Å². The van der Waals surface area contributed by atoms with E-state index in [-0.39, 0.29) is 11.8 Å². The Morgan fingerprint density at radius 3 is 2.33 bits per heavy atom. The minimum Gasteiger partial charge on any atom is -0.496 e. The average molecular weight is 368 g/mol. The lowest BCUT2D eigenvalue weighted by Gasteiger charge is -2.17. The summed E-state index contributed by atoms with van der Waals surface area (Å²) >= 11 is 0. The predicted octanol–water partition coefficient (Wildman–Crippen LogP) is 3.13. The van der Waals surface area contributed by atoms with Crippen LogP contribution in [0.5, 0.6) is 11.5 Å². The van der Waals surface area contributed by atoms with E-state index >= 15 is 0 Å². The molecule has 1 fully saturated rings. The van der Waals surface area contributed by atoms with Crippen LogP contribution in [-0.4, -0.2) is 25.5 Å². The van der Waals surface area contributed by atoms with Gasteiger partial charge in [0.2, 0.25) is 11.8 Å². The number of amides is 2. The zero-order valence-corrected chi connectivity index (χ0v) is 15.6. The highest BCUT2D eigenvalue weighted by Gasteiger charge is 2.56. The number of nitrogens with one attached hydrogen (secondary N) is 2. The lowest BCUT2D eigenvalue weighted by atomic mass is 10.0. The Bertz CT molecular complexity index is 830. The van der Waals surface area contributed by atoms with Crippen LogP contribution in [0.4, 0.5) is 5.69 Å². The first-order valence-electron chi connectivity index (χ1n) is 9.04. The van der Waals surface area contributed by atoms with Gasteiger partial charge in [0.25, 0.3) is 0 Å². The first kappa shape index (κ1) is 18.8. The molecule has 27 heavy (non-hydrogen) atoms. The van der Waals surface area contributed by atoms with E-state index in [1.165, 1.54) is 0 Å². The van der Waals surface area contributed by atoms with Crippen molar-refractivity contribution in [1.82, 2.24) is 5.32 Å². The van der Waals surface area contributed by atoms with Gasteiger partial charge >= 0.3 is 0 Å². The third-order valence-corrected chi connectivity index (χ3v) is 4.69. The average Bonchev–Trinajstić information content (AvgIpc) is 3.50. The Labute approximate surface area is 158 Å². The van der Waals surface area contributed by atoms with Crippen molar-refractivity contribution in [3.05, 3.63) is 54.1 Å². The summed E-state index contributed by atoms with van der Waals surface area (Å²) in [6.45, 7) is 2.69. The summed E-state index contributed by atoms with van der Waals surface area (Å²) in [5, 5.41) is 5.72. The Hall–Kier alpha value is -3.02. The minimum atomic E-state index is -1.01. The van der Waals surface area contributed by atoms with Crippen LogP contribution in [0.15, 0.2) is 48.5 Å². The quantitative estimate of drug-likeness (QED) is 0.702. The fraction of sp³-hybridized carbons (Fsp3) is 0.333. The van der Waals surface area contributed by atoms with E-state index in [2.05, 4.69) is 10.6 Å². The molecule has 2 N–H and O–H groups in total. The maximum Gasteiger partial charge on any atom is 0.240 e. The monoisotopic (exact) mass is 368 g/mol. The molecule has 2 aromatic carbocycles. The molecule has 0 saturated heterocycles. The standard InChI is InChI=1S/C21H24N2O4/c1-3-27-18-11-7-5-9-16(18)23-20(25)21(12-13-21)19(24)22-14-15-8-4-6-10-17(15)26-2/h4-11H,3,12-14H2,1-2H3,(H,22,24)(H,23,25). The number of carbonyl (C=O) groups is 2. The van der Waals surface area contributed by atoms with Crippen LogP contribution >= 0.6 is 0 Å². The summed E-state index contributed by atoms with van der Waals surface area (Å²) in [7, 11) is 1.59. The number of ether oxygens (including phenoxy) is 2. The van der Waals surface area contributed by atoms with Gasteiger partial charge in [-0.15, -0.1) is 0 Å². The molecule has 1 saturated carbocycles. The van der Waals surface area contributed by atoms with E-state index in [4.69, 9.17) is 9.47 Å². The zero-order chi connectivity index (χ0) is 19.3. The second kappa shape index (κ2) is 8.12. The van der Waals surface area contributed by atoms with E-state index in [1.54, 1.807) is 19.2 Å². The molecule has 0 heterocycles. The van der Waals surface area contributed by atoms with Crippen LogP contribution < -0.4 is 20.1 Å². The van der Waals surface area contributed by atoms with E-state index in [1.807, 2.05) is 43.3 Å². The van der Waals surface area contributed by atoms with Gasteiger partial charge in [0.1, 0.15) is 16.9 Å². The van der Waals surface area contributed by atoms with Gasteiger partial charge in [0.05, 0.1) is 19.4 Å². The Kier molecular flexibility index (Phi) is 5.64. The third kappa shape index (κ3) is 4.05. The maximum absolute atomic E-state index is 12.8. The third-order valence-electron chi connectivity index (χ3n) is 4.69. The van der Waals surface area contributed by atoms with E-state index in [0.717, 1.165) is 5.56 Å². The van der Waals surface area contributed by atoms with Gasteiger partial charge in [-0.2, -0.15) is 0 Å². The molecule has 2 amide bonds. The summed E-state index contributed by atoms with van der Waals surface area (Å²) in [5.41, 5.74) is 0.431. The number of rotatable bonds is 8. The Morgan fingerprint density at radius 1 is 1.00 bits per heavy atom. The molecule has 142 valence electrons. The molecule has 1 aliphatic rings. The molecular weight excluding hydrogens is 344 g/mol. The SMILES string of the molecule is CCOc1ccccc1NC(=O)C1(C(=O)NCc2ccccc2OC)CC1. The Balaban J connectivity index is 1.66. The van der Waals surface area contributed by atoms with Crippen LogP contribution in [0.3, 0.4) is 0 Å². The first-order valence-corrected chi connectivity index (χ1v) is 9.04. The van der Waals surface area contributed by atoms with Crippen molar-refractivity contribution in [1.29, 1.82) is 0 Å². The lowest BCUT2D eigenvalue weighted by molar-refractivity contribution is -0.134. The first-order chi connectivity index (χ1) is 13.1. The lowest BCUT2D eigenvalue weighted by Crippen LogP contribution is -2.39. The van der Waals surface area contributed by atoms with Gasteiger partial charge in [-0.3, -0.25) is 9.59 Å². The smallest absolute Gasteiger partial charge is 0.240 e. The zero-order valence-electron chi connectivity index (χ0n) is 15.6. The van der Waals surface area contributed by atoms with Gasteiger partial charge in [0.15, 0.2) is 0 Å². The molecule has 0 unspecified atom stereocenters. The maximum atomic E-state index is 12.8. The number of methoxy groups -OCH3 is 1. The number of benzene rings is 2. The molecule has 2 aromatic rings. The van der Waals surface area contributed by atoms with Crippen LogP contribution in [0.25, 0.3) is 0 Å². The number of carbonyl (C=O) groups excluding carboxylic acids is 2. The van der Waals surface area contributed by atoms with Gasteiger partial charge in [-0.1, -0.05) is 30.3 Å². The fourth-order valence-electron chi connectivity index (χ4n) is 2.97. The molecule has 6 heteroatoms. The minimum absolute atomic E-state index is 0.264. The molecule has 0 aromatic heterocycles. The van der Waals surface area contributed by atoms with Crippen LogP contribution in [0.1, 0.15) is 25.3 Å². The topological polar surface area (TPSA) is 76.7 Å². The van der Waals surface area contributed by atoms with Gasteiger partial charge in [-0.25, -0.2) is 0 Å². The number of hydrogen-bond acceptors (Lipinski definition) is 4. The van der Waals surface area contributed by atoms with Crippen molar-refractivity contribution in [2.24, 2.45) is 5.41 Å². The molecule has 0 aliphatic heterocycles. The summed E-state index contributed by atoms with van der Waals surface area (Å²) < 4.78 is 10.8. The highest BCUT2D eigenvalue weighted by molar-refractivity contribution is 6.13. The number of para-hydroxylation sites is 3. The molecule has 0 atom stereocenters. The van der Waals surface area contributed by atoms with E-state index in [9.17, 15) is 9.59 Å². The van der Waals surface area contributed by atoms with Gasteiger partial charge < -0.3 is 20.1 Å². The van der Waals surface area contributed by atoms with Crippen molar-refractivity contribution in [2.45, 2.75) is 26.3 Å². The summed E-state index contributed by atoms with van der Waals surface area (Å²) in [6.07, 6.45) is 1.07. The van der Waals surface area contributed by atoms with E-state index in [0.29, 0.717) is 43.2 Å². The molecule has 6 nitrogen and oxygen atoms in total. The van der Waals surface area contributed by atoms with E-state index < -0.39 is 5.41 Å². The number of anilines is 1. The van der Waals surface area contributed by atoms with Crippen LogP contribution in [-0.2, 0) is 16.1 Å². The van der Waals surface area contributed by atoms with Gasteiger partial charge in [0, 0.05) is 12.1 Å².